The summed E-state index contributed by atoms with van der Waals surface area (Å²) in [5, 5.41) is 6.55. The molecule has 0 unspecified atom stereocenters. The second-order valence-electron chi connectivity index (χ2n) is 13.7. The van der Waals surface area contributed by atoms with E-state index in [1.165, 1.54) is 82.9 Å². The molecule has 0 bridgehead atoms. The van der Waals surface area contributed by atoms with Crippen LogP contribution in [0.25, 0.3) is 38.1 Å². The van der Waals surface area contributed by atoms with Crippen LogP contribution in [0.2, 0.25) is 0 Å². The third-order valence-corrected chi connectivity index (χ3v) is 10.9. The Morgan fingerprint density at radius 1 is 0.553 bits per heavy atom. The fourth-order valence-corrected chi connectivity index (χ4v) is 8.83. The van der Waals surface area contributed by atoms with Crippen LogP contribution in [0.1, 0.15) is 30.5 Å². The molecule has 0 saturated heterocycles. The lowest BCUT2D eigenvalue weighted by Crippen LogP contribution is -2.55. The zero-order valence-electron chi connectivity index (χ0n) is 26.6. The zero-order valence-corrected chi connectivity index (χ0v) is 26.6. The molecular formula is C44H33BN2. The van der Waals surface area contributed by atoms with Crippen molar-refractivity contribution in [1.29, 1.82) is 0 Å². The number of nitrogens with zero attached hydrogens (tertiary/aromatic N) is 2. The van der Waals surface area contributed by atoms with Crippen LogP contribution in [0, 0.1) is 0 Å². The van der Waals surface area contributed by atoms with Crippen LogP contribution < -0.4 is 16.0 Å². The van der Waals surface area contributed by atoms with E-state index in [1.807, 2.05) is 0 Å². The lowest BCUT2D eigenvalue weighted by atomic mass is 9.37. The zero-order chi connectivity index (χ0) is 31.3. The lowest BCUT2D eigenvalue weighted by Gasteiger charge is -2.38. The van der Waals surface area contributed by atoms with E-state index in [0.717, 1.165) is 6.32 Å². The number of aromatic nitrogens is 1. The summed E-state index contributed by atoms with van der Waals surface area (Å²) in [6.07, 6.45) is 0.935. The minimum atomic E-state index is -0.204. The average molecular weight is 601 g/mol. The van der Waals surface area contributed by atoms with Gasteiger partial charge in [0.15, 0.2) is 0 Å². The van der Waals surface area contributed by atoms with E-state index < -0.39 is 0 Å². The van der Waals surface area contributed by atoms with Gasteiger partial charge in [0.2, 0.25) is 6.71 Å². The highest BCUT2D eigenvalue weighted by molar-refractivity contribution is 6.88. The Balaban J connectivity index is 1.35. The molecule has 47 heavy (non-hydrogen) atoms. The molecule has 0 N–H and O–H groups in total. The second-order valence-corrected chi connectivity index (χ2v) is 13.7. The molecule has 0 spiro atoms. The molecular weight excluding hydrogens is 567 g/mol. The van der Waals surface area contributed by atoms with E-state index in [9.17, 15) is 0 Å². The molecule has 2 nitrogen and oxygen atoms in total. The second kappa shape index (κ2) is 9.73. The number of para-hydroxylation sites is 3. The third-order valence-electron chi connectivity index (χ3n) is 10.9. The fourth-order valence-electron chi connectivity index (χ4n) is 8.83. The van der Waals surface area contributed by atoms with Crippen molar-refractivity contribution >= 4 is 67.3 Å². The van der Waals surface area contributed by atoms with Crippen LogP contribution in [-0.2, 0) is 11.7 Å². The first-order valence-electron chi connectivity index (χ1n) is 16.7. The largest absolute Gasteiger partial charge is 0.320 e. The molecule has 3 heteroatoms. The van der Waals surface area contributed by atoms with Gasteiger partial charge in [-0.1, -0.05) is 123 Å². The summed E-state index contributed by atoms with van der Waals surface area (Å²) in [7, 11) is 0. The first-order chi connectivity index (χ1) is 23.1. The smallest absolute Gasteiger partial charge is 0.241 e. The summed E-state index contributed by atoms with van der Waals surface area (Å²) in [6, 6.07) is 56.4. The molecule has 0 atom stereocenters. The van der Waals surface area contributed by atoms with Gasteiger partial charge in [0.05, 0.1) is 11.2 Å². The van der Waals surface area contributed by atoms with Crippen molar-refractivity contribution in [2.75, 3.05) is 4.90 Å². The van der Waals surface area contributed by atoms with Crippen LogP contribution in [0.3, 0.4) is 0 Å². The molecule has 2 aliphatic rings. The van der Waals surface area contributed by atoms with Crippen LogP contribution in [0.15, 0.2) is 152 Å². The normalized spacial score (nSPS) is 14.6. The van der Waals surface area contributed by atoms with E-state index in [1.54, 1.807) is 0 Å². The number of anilines is 3. The summed E-state index contributed by atoms with van der Waals surface area (Å²) in [6.45, 7) is 5.05. The van der Waals surface area contributed by atoms with Crippen molar-refractivity contribution in [1.82, 2.24) is 4.57 Å². The van der Waals surface area contributed by atoms with E-state index in [2.05, 4.69) is 175 Å². The van der Waals surface area contributed by atoms with E-state index in [0.29, 0.717) is 0 Å². The molecule has 0 amide bonds. The van der Waals surface area contributed by atoms with Gasteiger partial charge < -0.3 is 9.47 Å². The monoisotopic (exact) mass is 600 g/mol. The minimum Gasteiger partial charge on any atom is -0.320 e. The van der Waals surface area contributed by atoms with Gasteiger partial charge in [0.25, 0.3) is 0 Å². The molecule has 10 rings (SSSR count). The van der Waals surface area contributed by atoms with Gasteiger partial charge in [-0.15, -0.1) is 0 Å². The number of fused-ring (bicyclic) bond motifs is 8. The van der Waals surface area contributed by atoms with Gasteiger partial charge in [-0.25, -0.2) is 0 Å². The van der Waals surface area contributed by atoms with Crippen molar-refractivity contribution in [2.45, 2.75) is 25.6 Å². The summed E-state index contributed by atoms with van der Waals surface area (Å²) < 4.78 is 2.55. The van der Waals surface area contributed by atoms with Crippen LogP contribution >= 0.6 is 0 Å². The molecule has 2 aliphatic heterocycles. The molecule has 0 fully saturated rings. The summed E-state index contributed by atoms with van der Waals surface area (Å²) in [4.78, 5) is 2.54. The maximum absolute atomic E-state index is 2.55. The number of rotatable bonds is 2. The lowest BCUT2D eigenvalue weighted by molar-refractivity contribution is 0.643. The molecule has 0 aliphatic carbocycles. The predicted octanol–water partition coefficient (Wildman–Crippen LogP) is 9.75. The van der Waals surface area contributed by atoms with Gasteiger partial charge >= 0.3 is 0 Å². The Morgan fingerprint density at radius 3 is 2.04 bits per heavy atom. The Kier molecular flexibility index (Phi) is 5.52. The Hall–Kier alpha value is -5.54. The Labute approximate surface area is 275 Å². The number of hydrogen-bond donors (Lipinski definition) is 0. The summed E-state index contributed by atoms with van der Waals surface area (Å²) >= 11 is 0. The highest BCUT2D eigenvalue weighted by Crippen LogP contribution is 2.47. The van der Waals surface area contributed by atoms with Crippen molar-refractivity contribution in [2.24, 2.45) is 0 Å². The molecule has 3 heterocycles. The number of benzene rings is 7. The van der Waals surface area contributed by atoms with Gasteiger partial charge in [0.1, 0.15) is 0 Å². The predicted molar refractivity (Wildman–Crippen MR) is 200 cm³/mol. The Bertz CT molecular complexity index is 2530. The molecule has 1 aromatic heterocycles. The maximum Gasteiger partial charge on any atom is 0.241 e. The van der Waals surface area contributed by atoms with Crippen molar-refractivity contribution < 1.29 is 0 Å². The van der Waals surface area contributed by atoms with Crippen LogP contribution in [-0.4, -0.2) is 11.3 Å². The van der Waals surface area contributed by atoms with Gasteiger partial charge in [-0.2, -0.15) is 0 Å². The van der Waals surface area contributed by atoms with Gasteiger partial charge in [0, 0.05) is 33.5 Å². The Morgan fingerprint density at radius 2 is 1.23 bits per heavy atom. The summed E-state index contributed by atoms with van der Waals surface area (Å²) in [5.41, 5.74) is 13.1. The first kappa shape index (κ1) is 26.7. The molecule has 7 aromatic carbocycles. The van der Waals surface area contributed by atoms with E-state index in [-0.39, 0.29) is 12.1 Å². The standard InChI is InChI=1S/C44H33BN2/c1-44(2)37-21-13-23-40-41(37)45(28-31-26-30-25-24-29-14-9-10-19-34(29)36(30)27-38(31)44)43-42(46(40)32-15-5-3-6-16-32)35-20-11-12-22-39(35)47(43)33-17-7-4-8-18-33/h3-27H,28H2,1-2H3. The van der Waals surface area contributed by atoms with Crippen molar-refractivity contribution in [3.8, 4) is 5.69 Å². The first-order valence-corrected chi connectivity index (χ1v) is 16.7. The number of hydrogen-bond acceptors (Lipinski definition) is 1. The fraction of sp³-hybridized carbons (Fsp3) is 0.0909. The van der Waals surface area contributed by atoms with Gasteiger partial charge in [-0.3, -0.25) is 0 Å². The third kappa shape index (κ3) is 3.68. The SMILES string of the molecule is CC1(C)c2cc3c(ccc4ccccc43)cc2CB2c3c(cccc31)N(c1ccccc1)c1c2n(-c2ccccc2)c2ccccc12. The summed E-state index contributed by atoms with van der Waals surface area (Å²) in [5.74, 6) is 0. The van der Waals surface area contributed by atoms with Gasteiger partial charge in [-0.05, 0) is 92.5 Å². The van der Waals surface area contributed by atoms with Crippen molar-refractivity contribution in [3.05, 3.63) is 168 Å². The van der Waals surface area contributed by atoms with Crippen LogP contribution in [0.4, 0.5) is 17.1 Å². The maximum atomic E-state index is 2.55. The topological polar surface area (TPSA) is 8.17 Å². The van der Waals surface area contributed by atoms with Crippen molar-refractivity contribution in [3.63, 3.8) is 0 Å². The van der Waals surface area contributed by atoms with E-state index in [4.69, 9.17) is 0 Å². The molecule has 0 saturated carbocycles. The highest BCUT2D eigenvalue weighted by Gasteiger charge is 2.45. The van der Waals surface area contributed by atoms with Crippen LogP contribution in [0.5, 0.6) is 0 Å². The molecule has 0 radical (unpaired) electrons. The molecule has 8 aromatic rings. The minimum absolute atomic E-state index is 0.169. The average Bonchev–Trinajstić information content (AvgIpc) is 3.42. The quantitative estimate of drug-likeness (QED) is 0.142. The highest BCUT2D eigenvalue weighted by atomic mass is 15.2. The molecule has 222 valence electrons. The van der Waals surface area contributed by atoms with E-state index >= 15 is 0 Å².